The molecule has 26 heavy (non-hydrogen) atoms. The van der Waals surface area contributed by atoms with Crippen LogP contribution in [0.2, 0.25) is 0 Å². The lowest BCUT2D eigenvalue weighted by Crippen LogP contribution is -2.41. The molecule has 0 saturated carbocycles. The average Bonchev–Trinajstić information content (AvgIpc) is 2.51. The molecule has 2 N–H and O–H groups in total. The molecule has 138 valence electrons. The van der Waals surface area contributed by atoms with E-state index in [4.69, 9.17) is 15.1 Å². The maximum atomic E-state index is 12.0. The molecule has 0 saturated heterocycles. The van der Waals surface area contributed by atoms with Crippen molar-refractivity contribution in [2.24, 2.45) is 0 Å². The zero-order valence-corrected chi connectivity index (χ0v) is 15.2. The van der Waals surface area contributed by atoms with Gasteiger partial charge in [-0.05, 0) is 38.0 Å². The first-order chi connectivity index (χ1) is 12.0. The van der Waals surface area contributed by atoms with Crippen LogP contribution in [0.15, 0.2) is 29.8 Å². The van der Waals surface area contributed by atoms with Crippen LogP contribution in [0.1, 0.15) is 38.8 Å². The summed E-state index contributed by atoms with van der Waals surface area (Å²) >= 11 is 0. The van der Waals surface area contributed by atoms with Crippen LogP contribution in [-0.2, 0) is 25.5 Å². The van der Waals surface area contributed by atoms with Crippen molar-refractivity contribution in [3.63, 3.8) is 0 Å². The molecule has 0 radical (unpaired) electrons. The lowest BCUT2D eigenvalue weighted by Gasteiger charge is -2.18. The first-order valence-corrected chi connectivity index (χ1v) is 7.96. The van der Waals surface area contributed by atoms with Gasteiger partial charge in [-0.15, -0.1) is 0 Å². The van der Waals surface area contributed by atoms with Gasteiger partial charge in [0.05, 0.1) is 0 Å². The fourth-order valence-electron chi connectivity index (χ4n) is 2.07. The normalized spacial score (nSPS) is 12.7. The molecule has 0 aliphatic heterocycles. The van der Waals surface area contributed by atoms with E-state index in [0.717, 1.165) is 0 Å². The average molecular weight is 358 g/mol. The molecule has 0 aliphatic carbocycles. The molecule has 1 rings (SSSR count). The van der Waals surface area contributed by atoms with Gasteiger partial charge in [0.25, 0.3) is 0 Å². The third-order valence-electron chi connectivity index (χ3n) is 3.15. The Kier molecular flexibility index (Phi) is 7.08. The fourth-order valence-corrected chi connectivity index (χ4v) is 2.07. The number of nitriles is 1. The molecule has 1 aromatic carbocycles. The number of carbonyl (C=O) groups excluding carboxylic acids is 2. The summed E-state index contributed by atoms with van der Waals surface area (Å²) in [6.45, 7) is 6.39. The highest BCUT2D eigenvalue weighted by Crippen LogP contribution is 2.15. The molecule has 0 fully saturated rings. The van der Waals surface area contributed by atoms with Gasteiger partial charge in [-0.1, -0.05) is 24.3 Å². The molecule has 1 unspecified atom stereocenters. The van der Waals surface area contributed by atoms with Crippen molar-refractivity contribution in [1.29, 1.82) is 5.26 Å². The van der Waals surface area contributed by atoms with Gasteiger partial charge in [-0.3, -0.25) is 4.79 Å². The molecule has 1 atom stereocenters. The first kappa shape index (κ1) is 20.9. The second-order valence-electron chi connectivity index (χ2n) is 6.71. The summed E-state index contributed by atoms with van der Waals surface area (Å²) in [4.78, 5) is 34.2. The van der Waals surface area contributed by atoms with Gasteiger partial charge < -0.3 is 15.2 Å². The Morgan fingerprint density at radius 3 is 2.27 bits per heavy atom. The largest absolute Gasteiger partial charge is 0.480 e. The van der Waals surface area contributed by atoms with Crippen LogP contribution in [0.25, 0.3) is 6.08 Å². The number of esters is 1. The van der Waals surface area contributed by atoms with Crippen LogP contribution >= 0.6 is 0 Å². The van der Waals surface area contributed by atoms with Gasteiger partial charge in [0.2, 0.25) is 5.91 Å². The molecule has 0 spiro atoms. The first-order valence-electron chi connectivity index (χ1n) is 7.96. The Hall–Kier alpha value is -3.14. The van der Waals surface area contributed by atoms with Gasteiger partial charge in [0.15, 0.2) is 0 Å². The van der Waals surface area contributed by atoms with Crippen molar-refractivity contribution in [1.82, 2.24) is 5.32 Å². The predicted molar refractivity (Wildman–Crippen MR) is 94.8 cm³/mol. The number of nitrogens with one attached hydrogen (secondary N) is 1. The Labute approximate surface area is 152 Å². The van der Waals surface area contributed by atoms with Crippen molar-refractivity contribution < 1.29 is 24.2 Å². The molecular weight excluding hydrogens is 336 g/mol. The van der Waals surface area contributed by atoms with Crippen molar-refractivity contribution in [2.75, 3.05) is 0 Å². The number of rotatable bonds is 6. The monoisotopic (exact) mass is 358 g/mol. The summed E-state index contributed by atoms with van der Waals surface area (Å²) in [5.41, 5.74) is 0.461. The number of aliphatic carboxylic acids is 1. The van der Waals surface area contributed by atoms with Gasteiger partial charge in [-0.2, -0.15) is 5.26 Å². The molecule has 1 amide bonds. The van der Waals surface area contributed by atoms with E-state index in [0.29, 0.717) is 11.1 Å². The van der Waals surface area contributed by atoms with E-state index in [1.54, 1.807) is 45.0 Å². The Morgan fingerprint density at radius 1 is 1.27 bits per heavy atom. The molecular formula is C19H22N2O5. The zero-order valence-electron chi connectivity index (χ0n) is 15.2. The minimum Gasteiger partial charge on any atom is -0.480 e. The highest BCUT2D eigenvalue weighted by molar-refractivity contribution is 5.98. The summed E-state index contributed by atoms with van der Waals surface area (Å²) in [5, 5.41) is 20.6. The number of carboxylic acids is 1. The van der Waals surface area contributed by atoms with Crippen LogP contribution < -0.4 is 5.32 Å². The smallest absolute Gasteiger partial charge is 0.349 e. The Morgan fingerprint density at radius 2 is 1.85 bits per heavy atom. The standard InChI is InChI=1S/C19H22N2O5/c1-12(22)21-16(17(23)24)10-14-7-5-13(6-8-14)9-15(11-20)18(25)26-19(2,3)4/h5-9,16H,10H2,1-4H3,(H,21,22)(H,23,24). The molecule has 1 aromatic rings. The predicted octanol–water partition coefficient (Wildman–Crippen LogP) is 2.07. The lowest BCUT2D eigenvalue weighted by molar-refractivity contribution is -0.149. The van der Waals surface area contributed by atoms with E-state index in [1.165, 1.54) is 13.0 Å². The van der Waals surface area contributed by atoms with E-state index >= 15 is 0 Å². The molecule has 7 nitrogen and oxygen atoms in total. The van der Waals surface area contributed by atoms with Crippen LogP contribution in [0.5, 0.6) is 0 Å². The molecule has 0 bridgehead atoms. The minimum atomic E-state index is -1.12. The second kappa shape index (κ2) is 8.81. The highest BCUT2D eigenvalue weighted by atomic mass is 16.6. The number of nitrogens with zero attached hydrogens (tertiary/aromatic N) is 1. The second-order valence-corrected chi connectivity index (χ2v) is 6.71. The van der Waals surface area contributed by atoms with Crippen LogP contribution in [0.4, 0.5) is 0 Å². The third kappa shape index (κ3) is 7.18. The van der Waals surface area contributed by atoms with E-state index in [9.17, 15) is 14.4 Å². The number of carbonyl (C=O) groups is 3. The van der Waals surface area contributed by atoms with E-state index in [2.05, 4.69) is 5.32 Å². The highest BCUT2D eigenvalue weighted by Gasteiger charge is 2.20. The van der Waals surface area contributed by atoms with Crippen molar-refractivity contribution in [2.45, 2.75) is 45.8 Å². The SMILES string of the molecule is CC(=O)NC(Cc1ccc(C=C(C#N)C(=O)OC(C)(C)C)cc1)C(=O)O. The van der Waals surface area contributed by atoms with Crippen LogP contribution in [-0.4, -0.2) is 34.6 Å². The summed E-state index contributed by atoms with van der Waals surface area (Å²) < 4.78 is 5.17. The zero-order chi connectivity index (χ0) is 19.9. The topological polar surface area (TPSA) is 116 Å². The third-order valence-corrected chi connectivity index (χ3v) is 3.15. The van der Waals surface area contributed by atoms with Crippen molar-refractivity contribution in [3.8, 4) is 6.07 Å². The van der Waals surface area contributed by atoms with Crippen LogP contribution in [0, 0.1) is 11.3 Å². The molecule has 0 aliphatic rings. The summed E-state index contributed by atoms with van der Waals surface area (Å²) in [6.07, 6.45) is 1.52. The fraction of sp³-hybridized carbons (Fsp3) is 0.368. The maximum Gasteiger partial charge on any atom is 0.349 e. The number of carboxylic acid groups (broad SMARTS) is 1. The summed E-state index contributed by atoms with van der Waals surface area (Å²) in [5.74, 6) is -2.26. The number of hydrogen-bond donors (Lipinski definition) is 2. The lowest BCUT2D eigenvalue weighted by atomic mass is 10.0. The molecule has 7 heteroatoms. The number of ether oxygens (including phenoxy) is 1. The number of benzene rings is 1. The summed E-state index contributed by atoms with van der Waals surface area (Å²) in [7, 11) is 0. The van der Waals surface area contributed by atoms with E-state index in [-0.39, 0.29) is 12.0 Å². The quantitative estimate of drug-likeness (QED) is 0.457. The Bertz CT molecular complexity index is 752. The van der Waals surface area contributed by atoms with Crippen molar-refractivity contribution >= 4 is 23.9 Å². The van der Waals surface area contributed by atoms with Gasteiger partial charge >= 0.3 is 11.9 Å². The number of hydrogen-bond acceptors (Lipinski definition) is 5. The van der Waals surface area contributed by atoms with Crippen LogP contribution in [0.3, 0.4) is 0 Å². The van der Waals surface area contributed by atoms with E-state index in [1.807, 2.05) is 6.07 Å². The van der Waals surface area contributed by atoms with Gasteiger partial charge in [-0.25, -0.2) is 9.59 Å². The van der Waals surface area contributed by atoms with E-state index < -0.39 is 29.5 Å². The number of amides is 1. The maximum absolute atomic E-state index is 12.0. The molecule has 0 aromatic heterocycles. The van der Waals surface area contributed by atoms with Gasteiger partial charge in [0, 0.05) is 13.3 Å². The van der Waals surface area contributed by atoms with Crippen molar-refractivity contribution in [3.05, 3.63) is 41.0 Å². The Balaban J connectivity index is 2.92. The summed E-state index contributed by atoms with van der Waals surface area (Å²) in [6, 6.07) is 7.46. The molecule has 0 heterocycles. The van der Waals surface area contributed by atoms with Gasteiger partial charge in [0.1, 0.15) is 23.3 Å². The minimum absolute atomic E-state index is 0.121.